The van der Waals surface area contributed by atoms with E-state index in [-0.39, 0.29) is 5.97 Å². The van der Waals surface area contributed by atoms with E-state index in [2.05, 4.69) is 35.8 Å². The van der Waals surface area contributed by atoms with E-state index in [1.165, 1.54) is 0 Å². The van der Waals surface area contributed by atoms with Gasteiger partial charge in [0, 0.05) is 24.9 Å². The maximum atomic E-state index is 11.4. The number of nitrogens with zero attached hydrogens (tertiary/aromatic N) is 3. The fourth-order valence-corrected chi connectivity index (χ4v) is 2.94. The Morgan fingerprint density at radius 1 is 1.33 bits per heavy atom. The third kappa shape index (κ3) is 6.91. The molecule has 0 N–H and O–H groups in total. The highest BCUT2D eigenvalue weighted by molar-refractivity contribution is 7.13. The van der Waals surface area contributed by atoms with Crippen LogP contribution in [-0.4, -0.2) is 56.2 Å². The second-order valence-corrected chi connectivity index (χ2v) is 6.00. The predicted octanol–water partition coefficient (Wildman–Crippen LogP) is 2.42. The van der Waals surface area contributed by atoms with E-state index in [4.69, 9.17) is 4.74 Å². The fourth-order valence-electron chi connectivity index (χ4n) is 1.99. The van der Waals surface area contributed by atoms with Crippen LogP contribution in [0.5, 0.6) is 0 Å². The molecule has 0 radical (unpaired) electrons. The minimum absolute atomic E-state index is 0.148. The minimum Gasteiger partial charge on any atom is -0.466 e. The van der Waals surface area contributed by atoms with E-state index in [9.17, 15) is 4.79 Å². The Hall–Kier alpha value is -1.14. The van der Waals surface area contributed by atoms with Crippen LogP contribution in [0.3, 0.4) is 0 Å². The average molecular weight is 313 g/mol. The molecule has 120 valence electrons. The zero-order chi connectivity index (χ0) is 15.7. The van der Waals surface area contributed by atoms with Crippen molar-refractivity contribution in [3.05, 3.63) is 11.1 Å². The van der Waals surface area contributed by atoms with E-state index in [0.29, 0.717) is 19.4 Å². The van der Waals surface area contributed by atoms with E-state index in [1.807, 2.05) is 12.3 Å². The van der Waals surface area contributed by atoms with Gasteiger partial charge in [0.15, 0.2) is 5.13 Å². The maximum absolute atomic E-state index is 11.4. The Bertz CT molecular complexity index is 421. The van der Waals surface area contributed by atoms with Gasteiger partial charge >= 0.3 is 5.97 Å². The lowest BCUT2D eigenvalue weighted by Gasteiger charge is -2.20. The third-order valence-corrected chi connectivity index (χ3v) is 4.07. The van der Waals surface area contributed by atoms with Crippen molar-refractivity contribution >= 4 is 22.4 Å². The van der Waals surface area contributed by atoms with Crippen LogP contribution in [0.15, 0.2) is 5.38 Å². The van der Waals surface area contributed by atoms with Crippen LogP contribution < -0.4 is 4.90 Å². The molecule has 0 aliphatic carbocycles. The second-order valence-electron chi connectivity index (χ2n) is 5.16. The van der Waals surface area contributed by atoms with E-state index in [0.717, 1.165) is 36.9 Å². The van der Waals surface area contributed by atoms with Crippen molar-refractivity contribution in [3.8, 4) is 0 Å². The molecule has 1 heterocycles. The van der Waals surface area contributed by atoms with Gasteiger partial charge < -0.3 is 14.5 Å². The van der Waals surface area contributed by atoms with Crippen molar-refractivity contribution in [2.75, 3.05) is 45.2 Å². The highest BCUT2D eigenvalue weighted by atomic mass is 32.1. The Kier molecular flexibility index (Phi) is 8.30. The maximum Gasteiger partial charge on any atom is 0.306 e. The molecule has 1 aromatic heterocycles. The molecule has 0 spiro atoms. The number of ether oxygens (including phenoxy) is 1. The SMILES string of the molecule is CCOC(=O)CCc1csc(N(CC)CCCN(C)C)n1. The highest BCUT2D eigenvalue weighted by Gasteiger charge is 2.11. The monoisotopic (exact) mass is 313 g/mol. The first-order valence-corrected chi connectivity index (χ1v) is 8.44. The van der Waals surface area contributed by atoms with Crippen LogP contribution in [0.4, 0.5) is 5.13 Å². The van der Waals surface area contributed by atoms with Gasteiger partial charge in [-0.15, -0.1) is 11.3 Å². The molecule has 0 unspecified atom stereocenters. The number of esters is 1. The van der Waals surface area contributed by atoms with Crippen LogP contribution in [0, 0.1) is 0 Å². The molecular weight excluding hydrogens is 286 g/mol. The minimum atomic E-state index is -0.148. The van der Waals surface area contributed by atoms with Crippen LogP contribution in [-0.2, 0) is 16.0 Å². The van der Waals surface area contributed by atoms with Crippen molar-refractivity contribution in [2.24, 2.45) is 0 Å². The topological polar surface area (TPSA) is 45.7 Å². The second kappa shape index (κ2) is 9.73. The summed E-state index contributed by atoms with van der Waals surface area (Å²) in [4.78, 5) is 20.5. The van der Waals surface area contributed by atoms with Crippen molar-refractivity contribution < 1.29 is 9.53 Å². The number of aromatic nitrogens is 1. The van der Waals surface area contributed by atoms with Crippen LogP contribution in [0.1, 0.15) is 32.4 Å². The molecule has 21 heavy (non-hydrogen) atoms. The smallest absolute Gasteiger partial charge is 0.306 e. The molecule has 6 heteroatoms. The van der Waals surface area contributed by atoms with Crippen molar-refractivity contribution in [1.82, 2.24) is 9.88 Å². The van der Waals surface area contributed by atoms with Crippen LogP contribution >= 0.6 is 11.3 Å². The summed E-state index contributed by atoms with van der Waals surface area (Å²) in [5, 5.41) is 3.10. The number of hydrogen-bond acceptors (Lipinski definition) is 6. The molecule has 0 bridgehead atoms. The van der Waals surface area contributed by atoms with Gasteiger partial charge in [-0.05, 0) is 40.9 Å². The lowest BCUT2D eigenvalue weighted by molar-refractivity contribution is -0.143. The zero-order valence-corrected chi connectivity index (χ0v) is 14.4. The summed E-state index contributed by atoms with van der Waals surface area (Å²) in [5.74, 6) is -0.148. The van der Waals surface area contributed by atoms with Gasteiger partial charge in [-0.25, -0.2) is 4.98 Å². The van der Waals surface area contributed by atoms with Crippen LogP contribution in [0.25, 0.3) is 0 Å². The number of anilines is 1. The number of hydrogen-bond donors (Lipinski definition) is 0. The summed E-state index contributed by atoms with van der Waals surface area (Å²) in [6.07, 6.45) is 2.19. The first-order chi connectivity index (χ1) is 10.1. The quantitative estimate of drug-likeness (QED) is 0.621. The number of aryl methyl sites for hydroxylation is 1. The Morgan fingerprint density at radius 2 is 2.10 bits per heavy atom. The van der Waals surface area contributed by atoms with Gasteiger partial charge in [0.05, 0.1) is 18.7 Å². The number of carbonyl (C=O) groups excluding carboxylic acids is 1. The fraction of sp³-hybridized carbons (Fsp3) is 0.733. The number of rotatable bonds is 10. The van der Waals surface area contributed by atoms with Gasteiger partial charge in [0.2, 0.25) is 0 Å². The van der Waals surface area contributed by atoms with Crippen molar-refractivity contribution in [3.63, 3.8) is 0 Å². The summed E-state index contributed by atoms with van der Waals surface area (Å²) in [6.45, 7) is 7.47. The van der Waals surface area contributed by atoms with Gasteiger partial charge in [-0.1, -0.05) is 0 Å². The highest BCUT2D eigenvalue weighted by Crippen LogP contribution is 2.21. The summed E-state index contributed by atoms with van der Waals surface area (Å²) < 4.78 is 4.94. The number of carbonyl (C=O) groups is 1. The Balaban J connectivity index is 2.45. The summed E-state index contributed by atoms with van der Waals surface area (Å²) in [7, 11) is 4.18. The number of thiazole rings is 1. The van der Waals surface area contributed by atoms with Gasteiger partial charge in [-0.3, -0.25) is 4.79 Å². The average Bonchev–Trinajstić information content (AvgIpc) is 2.90. The zero-order valence-electron chi connectivity index (χ0n) is 13.6. The molecular formula is C15H27N3O2S. The molecule has 5 nitrogen and oxygen atoms in total. The molecule has 0 saturated carbocycles. The molecule has 0 amide bonds. The van der Waals surface area contributed by atoms with Gasteiger partial charge in [0.25, 0.3) is 0 Å². The summed E-state index contributed by atoms with van der Waals surface area (Å²) in [6, 6.07) is 0. The molecule has 0 saturated heterocycles. The molecule has 1 rings (SSSR count). The predicted molar refractivity (Wildman–Crippen MR) is 88.1 cm³/mol. The normalized spacial score (nSPS) is 10.9. The molecule has 0 aliphatic heterocycles. The molecule has 0 aliphatic rings. The summed E-state index contributed by atoms with van der Waals surface area (Å²) >= 11 is 1.66. The third-order valence-electron chi connectivity index (χ3n) is 3.12. The molecule has 0 aromatic carbocycles. The van der Waals surface area contributed by atoms with E-state index < -0.39 is 0 Å². The first kappa shape index (κ1) is 17.9. The van der Waals surface area contributed by atoms with Gasteiger partial charge in [0.1, 0.15) is 0 Å². The lowest BCUT2D eigenvalue weighted by Crippen LogP contribution is -2.26. The largest absolute Gasteiger partial charge is 0.466 e. The van der Waals surface area contributed by atoms with E-state index in [1.54, 1.807) is 11.3 Å². The molecule has 0 atom stereocenters. The summed E-state index contributed by atoms with van der Waals surface area (Å²) in [5.41, 5.74) is 0.981. The lowest BCUT2D eigenvalue weighted by atomic mass is 10.2. The molecule has 1 aromatic rings. The Morgan fingerprint density at radius 3 is 2.71 bits per heavy atom. The standard InChI is InChI=1S/C15H27N3O2S/c1-5-18(11-7-10-17(3)4)15-16-13(12-21-15)8-9-14(19)20-6-2/h12H,5-11H2,1-4H3. The first-order valence-electron chi connectivity index (χ1n) is 7.56. The van der Waals surface area contributed by atoms with Crippen molar-refractivity contribution in [2.45, 2.75) is 33.1 Å². The van der Waals surface area contributed by atoms with Crippen LogP contribution in [0.2, 0.25) is 0 Å². The van der Waals surface area contributed by atoms with E-state index >= 15 is 0 Å². The van der Waals surface area contributed by atoms with Gasteiger partial charge in [-0.2, -0.15) is 0 Å². The Labute approximate surface area is 131 Å². The van der Waals surface area contributed by atoms with Crippen molar-refractivity contribution in [1.29, 1.82) is 0 Å². The molecule has 0 fully saturated rings.